The van der Waals surface area contributed by atoms with Crippen LogP contribution in [0.3, 0.4) is 0 Å². The van der Waals surface area contributed by atoms with Crippen LogP contribution < -0.4 is 9.92 Å². The second-order valence-electron chi connectivity index (χ2n) is 14.9. The van der Waals surface area contributed by atoms with Gasteiger partial charge in [0, 0.05) is 46.5 Å². The van der Waals surface area contributed by atoms with E-state index >= 15 is 0 Å². The lowest BCUT2D eigenvalue weighted by molar-refractivity contribution is 0.268. The Hall–Kier alpha value is -4.34. The van der Waals surface area contributed by atoms with E-state index in [1.165, 1.54) is 39.2 Å². The Kier molecular flexibility index (Phi) is 6.10. The number of allylic oxidation sites excluding steroid dienone is 20. The summed E-state index contributed by atoms with van der Waals surface area (Å²) < 4.78 is 6.74. The molecule has 2 nitrogen and oxygen atoms in total. The summed E-state index contributed by atoms with van der Waals surface area (Å²) in [4.78, 5) is 2.71. The topological polar surface area (TPSA) is 12.5 Å². The first kappa shape index (κ1) is 27.7. The molecule has 0 N–H and O–H groups in total. The number of hydrogen-bond acceptors (Lipinski definition) is 2. The lowest BCUT2D eigenvalue weighted by atomic mass is 9.67. The van der Waals surface area contributed by atoms with Crippen molar-refractivity contribution >= 4 is 18.8 Å². The highest BCUT2D eigenvalue weighted by Crippen LogP contribution is 2.52. The highest BCUT2D eigenvalue weighted by molar-refractivity contribution is 6.98. The highest BCUT2D eigenvalue weighted by atomic mass is 28.3. The Morgan fingerprint density at radius 1 is 0.723 bits per heavy atom. The van der Waals surface area contributed by atoms with Crippen LogP contribution in [0.4, 0.5) is 0 Å². The molecule has 2 heterocycles. The smallest absolute Gasteiger partial charge is 0.129 e. The van der Waals surface area contributed by atoms with Crippen molar-refractivity contribution in [1.29, 1.82) is 0 Å². The van der Waals surface area contributed by atoms with Gasteiger partial charge >= 0.3 is 0 Å². The summed E-state index contributed by atoms with van der Waals surface area (Å²) in [5.41, 5.74) is 9.97. The van der Waals surface area contributed by atoms with Gasteiger partial charge in [0.25, 0.3) is 0 Å². The maximum Gasteiger partial charge on any atom is 0.129 e. The van der Waals surface area contributed by atoms with E-state index in [-0.39, 0.29) is 12.1 Å². The van der Waals surface area contributed by atoms with Crippen molar-refractivity contribution < 1.29 is 4.74 Å². The summed E-state index contributed by atoms with van der Waals surface area (Å²) in [6.45, 7) is 5.13. The Morgan fingerprint density at radius 3 is 2.43 bits per heavy atom. The lowest BCUT2D eigenvalue weighted by Gasteiger charge is -2.46. The molecule has 0 amide bonds. The van der Waals surface area contributed by atoms with E-state index in [1.54, 1.807) is 10.4 Å². The number of nitrogens with zero attached hydrogens (tertiary/aromatic N) is 1. The van der Waals surface area contributed by atoms with E-state index in [1.807, 2.05) is 0 Å². The minimum absolute atomic E-state index is 0.116. The van der Waals surface area contributed by atoms with Crippen LogP contribution in [0, 0.1) is 23.7 Å². The monoisotopic (exact) mass is 627 g/mol. The molecule has 47 heavy (non-hydrogen) atoms. The zero-order valence-corrected chi connectivity index (χ0v) is 28.2. The van der Waals surface area contributed by atoms with Gasteiger partial charge in [-0.3, -0.25) is 0 Å². The van der Waals surface area contributed by atoms with Crippen LogP contribution in [0.25, 0.3) is 5.57 Å². The van der Waals surface area contributed by atoms with Gasteiger partial charge in [-0.15, -0.1) is 0 Å². The average Bonchev–Trinajstić information content (AvgIpc) is 3.61. The van der Waals surface area contributed by atoms with Gasteiger partial charge in [0.05, 0.1) is 6.04 Å². The zero-order chi connectivity index (χ0) is 31.3. The van der Waals surface area contributed by atoms with Gasteiger partial charge in [0.1, 0.15) is 11.9 Å². The number of benzene rings is 1. The van der Waals surface area contributed by atoms with E-state index in [0.717, 1.165) is 25.0 Å². The minimum atomic E-state index is -1.90. The van der Waals surface area contributed by atoms with Crippen LogP contribution in [-0.4, -0.2) is 25.1 Å². The van der Waals surface area contributed by atoms with E-state index in [9.17, 15) is 0 Å². The van der Waals surface area contributed by atoms with E-state index in [4.69, 9.17) is 4.74 Å². The number of fused-ring (bicyclic) bond motifs is 10. The van der Waals surface area contributed by atoms with Crippen LogP contribution >= 0.6 is 0 Å². The molecule has 0 bridgehead atoms. The van der Waals surface area contributed by atoms with Crippen LogP contribution in [0.15, 0.2) is 161 Å². The molecule has 233 valence electrons. The average molecular weight is 628 g/mol. The van der Waals surface area contributed by atoms with Gasteiger partial charge in [0.2, 0.25) is 0 Å². The highest BCUT2D eigenvalue weighted by Gasteiger charge is 2.42. The zero-order valence-electron chi connectivity index (χ0n) is 27.2. The van der Waals surface area contributed by atoms with Gasteiger partial charge in [-0.05, 0) is 54.2 Å². The molecule has 0 fully saturated rings. The summed E-state index contributed by atoms with van der Waals surface area (Å²) in [5.74, 6) is 3.06. The first-order valence-electron chi connectivity index (χ1n) is 17.7. The summed E-state index contributed by atoms with van der Waals surface area (Å²) in [6.07, 6.45) is 50.7. The van der Waals surface area contributed by atoms with Crippen molar-refractivity contribution in [3.05, 3.63) is 173 Å². The second-order valence-corrected chi connectivity index (χ2v) is 19.3. The summed E-state index contributed by atoms with van der Waals surface area (Å²) in [7, 11) is -1.90. The molecule has 0 aromatic heterocycles. The quantitative estimate of drug-likeness (QED) is 0.310. The minimum Gasteiger partial charge on any atom is -0.485 e. The molecule has 2 aliphatic heterocycles. The molecule has 10 rings (SSSR count). The van der Waals surface area contributed by atoms with E-state index < -0.39 is 8.07 Å². The summed E-state index contributed by atoms with van der Waals surface area (Å²) >= 11 is 0. The molecule has 7 unspecified atom stereocenters. The first-order valence-corrected chi connectivity index (χ1v) is 20.7. The van der Waals surface area contributed by atoms with Crippen molar-refractivity contribution in [1.82, 2.24) is 4.90 Å². The van der Waals surface area contributed by atoms with Crippen LogP contribution in [0.2, 0.25) is 13.1 Å². The molecule has 0 spiro atoms. The SMILES string of the molecule is C[Si-]1(C)C2=C(C=CC(N(C3=CCCC=C3)C3=CC=CC4C5=C(C=CC34)C3C=CC=CC3C=C5)C2)c2c1ccc1c2OC2C=CC=CC12. The molecule has 7 aliphatic carbocycles. The Bertz CT molecular complexity index is 2010. The van der Waals surface area contributed by atoms with Crippen molar-refractivity contribution in [2.45, 2.75) is 50.4 Å². The fraction of sp³-hybridized carbons (Fsp3) is 0.273. The Morgan fingerprint density at radius 2 is 1.53 bits per heavy atom. The van der Waals surface area contributed by atoms with Crippen molar-refractivity contribution in [2.24, 2.45) is 23.7 Å². The molecule has 1 aromatic rings. The van der Waals surface area contributed by atoms with E-state index in [0.29, 0.717) is 29.6 Å². The molecular weight excluding hydrogens is 587 g/mol. The van der Waals surface area contributed by atoms with Crippen LogP contribution in [0.5, 0.6) is 5.75 Å². The molecular formula is C44H41NOSi-. The number of ether oxygens (including phenoxy) is 1. The molecule has 0 saturated carbocycles. The molecule has 7 atom stereocenters. The van der Waals surface area contributed by atoms with Gasteiger partial charge in [-0.1, -0.05) is 129 Å². The van der Waals surface area contributed by atoms with Crippen molar-refractivity contribution in [3.63, 3.8) is 0 Å². The van der Waals surface area contributed by atoms with Crippen LogP contribution in [0.1, 0.15) is 36.3 Å². The van der Waals surface area contributed by atoms with Gasteiger partial charge in [0.15, 0.2) is 0 Å². The molecule has 0 radical (unpaired) electrons. The Labute approximate surface area is 280 Å². The first-order chi connectivity index (χ1) is 23.1. The predicted molar refractivity (Wildman–Crippen MR) is 197 cm³/mol. The van der Waals surface area contributed by atoms with E-state index in [2.05, 4.69) is 152 Å². The third-order valence-corrected chi connectivity index (χ3v) is 15.9. The molecule has 3 heteroatoms. The standard InChI is InChI=1S/C44H41NOSi/c1-47(2)41-26-25-37-36-15-8-9-18-40(36)46-44(37)43(41)38-22-20-30(27-42(38)47)45(29-12-4-3-5-13-29)39-17-10-16-32-34-21-19-28-11-6-7-14-31(28)33(34)23-24-35(32)39/h4,6-26,28,30-32,35-36,40H,3,5,27H2,1-2H3/q-1. The maximum atomic E-state index is 6.74. The fourth-order valence-corrected chi connectivity index (χ4v) is 13.1. The Balaban J connectivity index is 1.02. The van der Waals surface area contributed by atoms with Gasteiger partial charge in [-0.25, -0.2) is 0 Å². The number of hydrogen-bond donors (Lipinski definition) is 0. The third-order valence-electron chi connectivity index (χ3n) is 12.2. The molecule has 9 aliphatic rings. The largest absolute Gasteiger partial charge is 0.485 e. The van der Waals surface area contributed by atoms with Crippen molar-refractivity contribution in [3.8, 4) is 5.75 Å². The fourth-order valence-electron chi connectivity index (χ4n) is 9.85. The van der Waals surface area contributed by atoms with Crippen molar-refractivity contribution in [2.75, 3.05) is 0 Å². The maximum absolute atomic E-state index is 6.74. The van der Waals surface area contributed by atoms with Crippen LogP contribution in [-0.2, 0) is 0 Å². The van der Waals surface area contributed by atoms with Gasteiger partial charge < -0.3 is 9.64 Å². The number of rotatable bonds is 3. The normalized spacial score (nSPS) is 33.8. The molecule has 0 saturated heterocycles. The summed E-state index contributed by atoms with van der Waals surface area (Å²) in [6, 6.07) is 5.10. The third kappa shape index (κ3) is 4.02. The molecule has 1 aromatic carbocycles. The lowest BCUT2D eigenvalue weighted by Crippen LogP contribution is -2.45. The van der Waals surface area contributed by atoms with Gasteiger partial charge in [-0.2, -0.15) is 23.5 Å². The summed E-state index contributed by atoms with van der Waals surface area (Å²) in [5, 5.41) is 3.22. The predicted octanol–water partition coefficient (Wildman–Crippen LogP) is 9.22. The second kappa shape index (κ2) is 10.3.